The smallest absolute Gasteiger partial charge is 0.225 e. The van der Waals surface area contributed by atoms with Gasteiger partial charge in [-0.1, -0.05) is 43.2 Å². The number of carbonyl (C=O) groups excluding carboxylic acids is 2. The molecule has 1 aliphatic carbocycles. The number of hydrogen-bond acceptors (Lipinski definition) is 4. The third-order valence-corrected chi connectivity index (χ3v) is 4.93. The fourth-order valence-electron chi connectivity index (χ4n) is 3.72. The van der Waals surface area contributed by atoms with Gasteiger partial charge in [0.2, 0.25) is 11.8 Å². The lowest BCUT2D eigenvalue weighted by Crippen LogP contribution is -2.35. The molecule has 3 rings (SSSR count). The second-order valence-corrected chi connectivity index (χ2v) is 6.78. The van der Waals surface area contributed by atoms with Gasteiger partial charge >= 0.3 is 0 Å². The molecular weight excluding hydrogens is 330 g/mol. The van der Waals surface area contributed by atoms with E-state index >= 15 is 0 Å². The minimum absolute atomic E-state index is 0.00142. The van der Waals surface area contributed by atoms with Gasteiger partial charge in [-0.05, 0) is 18.4 Å². The number of aromatic nitrogens is 3. The topological polar surface area (TPSA) is 103 Å². The SMILES string of the molecule is CNC(=O)[C@@H]1CCCC[C@@H]1c1nc(CC(N)=O)nn1Cc1ccccc1. The van der Waals surface area contributed by atoms with Gasteiger partial charge in [-0.15, -0.1) is 0 Å². The van der Waals surface area contributed by atoms with Crippen molar-refractivity contribution in [3.8, 4) is 0 Å². The van der Waals surface area contributed by atoms with Crippen molar-refractivity contribution in [1.82, 2.24) is 20.1 Å². The average Bonchev–Trinajstić information content (AvgIpc) is 3.03. The zero-order chi connectivity index (χ0) is 18.5. The van der Waals surface area contributed by atoms with Crippen LogP contribution in [-0.2, 0) is 22.6 Å². The van der Waals surface area contributed by atoms with E-state index in [1.54, 1.807) is 7.05 Å². The van der Waals surface area contributed by atoms with Gasteiger partial charge in [0.25, 0.3) is 0 Å². The van der Waals surface area contributed by atoms with Gasteiger partial charge < -0.3 is 11.1 Å². The normalized spacial score (nSPS) is 19.9. The van der Waals surface area contributed by atoms with E-state index in [2.05, 4.69) is 15.4 Å². The summed E-state index contributed by atoms with van der Waals surface area (Å²) in [7, 11) is 1.67. The Hall–Kier alpha value is -2.70. The van der Waals surface area contributed by atoms with Crippen LogP contribution < -0.4 is 11.1 Å². The van der Waals surface area contributed by atoms with Gasteiger partial charge in [-0.3, -0.25) is 9.59 Å². The number of nitrogens with zero attached hydrogens (tertiary/aromatic N) is 3. The Morgan fingerprint density at radius 2 is 1.96 bits per heavy atom. The zero-order valence-corrected chi connectivity index (χ0v) is 15.0. The third-order valence-electron chi connectivity index (χ3n) is 4.93. The maximum Gasteiger partial charge on any atom is 0.225 e. The molecular formula is C19H25N5O2. The summed E-state index contributed by atoms with van der Waals surface area (Å²) in [5.74, 6) is 0.666. The molecule has 138 valence electrons. The Balaban J connectivity index is 1.96. The maximum absolute atomic E-state index is 12.4. The molecule has 2 atom stereocenters. The van der Waals surface area contributed by atoms with Crippen LogP contribution in [-0.4, -0.2) is 33.6 Å². The van der Waals surface area contributed by atoms with Crippen LogP contribution in [0.3, 0.4) is 0 Å². The fourth-order valence-corrected chi connectivity index (χ4v) is 3.72. The molecule has 1 aromatic heterocycles. The fraction of sp³-hybridized carbons (Fsp3) is 0.474. The quantitative estimate of drug-likeness (QED) is 0.817. The first-order chi connectivity index (χ1) is 12.6. The minimum Gasteiger partial charge on any atom is -0.369 e. The Labute approximate surface area is 153 Å². The Bertz CT molecular complexity index is 771. The second kappa shape index (κ2) is 8.12. The van der Waals surface area contributed by atoms with Crippen LogP contribution in [0.15, 0.2) is 30.3 Å². The first-order valence-corrected chi connectivity index (χ1v) is 9.06. The highest BCUT2D eigenvalue weighted by atomic mass is 16.2. The van der Waals surface area contributed by atoms with Gasteiger partial charge in [-0.25, -0.2) is 9.67 Å². The van der Waals surface area contributed by atoms with E-state index in [1.165, 1.54) is 0 Å². The molecule has 1 aliphatic rings. The molecule has 1 fully saturated rings. The van der Waals surface area contributed by atoms with Crippen LogP contribution in [0.2, 0.25) is 0 Å². The standard InChI is InChI=1S/C19H25N5O2/c1-21-19(26)15-10-6-5-9-14(15)18-22-17(11-16(20)25)23-24(18)12-13-7-3-2-4-8-13/h2-4,7-8,14-15H,5-6,9-12H2,1H3,(H2,20,25)(H,21,26)/t14-,15+/m0/s1. The van der Waals surface area contributed by atoms with E-state index in [0.29, 0.717) is 12.4 Å². The summed E-state index contributed by atoms with van der Waals surface area (Å²) in [6.07, 6.45) is 3.83. The number of rotatable bonds is 6. The second-order valence-electron chi connectivity index (χ2n) is 6.78. The number of hydrogen-bond donors (Lipinski definition) is 2. The minimum atomic E-state index is -0.458. The molecule has 0 spiro atoms. The molecule has 1 saturated carbocycles. The molecule has 2 aromatic rings. The van der Waals surface area contributed by atoms with E-state index in [4.69, 9.17) is 5.73 Å². The summed E-state index contributed by atoms with van der Waals surface area (Å²) >= 11 is 0. The molecule has 0 radical (unpaired) electrons. The molecule has 3 N–H and O–H groups in total. The number of amides is 2. The summed E-state index contributed by atoms with van der Waals surface area (Å²) in [4.78, 5) is 28.3. The van der Waals surface area contributed by atoms with Crippen molar-refractivity contribution in [2.45, 2.75) is 44.6 Å². The predicted octanol–water partition coefficient (Wildman–Crippen LogP) is 1.37. The summed E-state index contributed by atoms with van der Waals surface area (Å²) in [6, 6.07) is 9.97. The first kappa shape index (κ1) is 18.1. The lowest BCUT2D eigenvalue weighted by molar-refractivity contribution is -0.126. The lowest BCUT2D eigenvalue weighted by atomic mass is 9.78. The van der Waals surface area contributed by atoms with E-state index in [0.717, 1.165) is 37.1 Å². The Kier molecular flexibility index (Phi) is 5.65. The molecule has 0 bridgehead atoms. The maximum atomic E-state index is 12.4. The van der Waals surface area contributed by atoms with Crippen LogP contribution in [0.4, 0.5) is 0 Å². The highest BCUT2D eigenvalue weighted by molar-refractivity contribution is 5.79. The molecule has 2 amide bonds. The largest absolute Gasteiger partial charge is 0.369 e. The van der Waals surface area contributed by atoms with Gasteiger partial charge in [0, 0.05) is 18.9 Å². The van der Waals surface area contributed by atoms with Crippen LogP contribution >= 0.6 is 0 Å². The molecule has 0 saturated heterocycles. The summed E-state index contributed by atoms with van der Waals surface area (Å²) < 4.78 is 1.83. The van der Waals surface area contributed by atoms with Crippen molar-refractivity contribution in [3.05, 3.63) is 47.5 Å². The molecule has 7 nitrogen and oxygen atoms in total. The van der Waals surface area contributed by atoms with E-state index in [9.17, 15) is 9.59 Å². The van der Waals surface area contributed by atoms with Gasteiger partial charge in [0.05, 0.1) is 13.0 Å². The highest BCUT2D eigenvalue weighted by Crippen LogP contribution is 2.37. The molecule has 0 unspecified atom stereocenters. The number of benzene rings is 1. The molecule has 1 heterocycles. The van der Waals surface area contributed by atoms with Gasteiger partial charge in [-0.2, -0.15) is 5.10 Å². The number of nitrogens with one attached hydrogen (secondary N) is 1. The average molecular weight is 355 g/mol. The van der Waals surface area contributed by atoms with Crippen molar-refractivity contribution in [2.75, 3.05) is 7.05 Å². The van der Waals surface area contributed by atoms with Crippen LogP contribution in [0.1, 0.15) is 48.8 Å². The van der Waals surface area contributed by atoms with Crippen molar-refractivity contribution in [2.24, 2.45) is 11.7 Å². The van der Waals surface area contributed by atoms with Crippen molar-refractivity contribution in [1.29, 1.82) is 0 Å². The van der Waals surface area contributed by atoms with Crippen LogP contribution in [0.25, 0.3) is 0 Å². The monoisotopic (exact) mass is 355 g/mol. The predicted molar refractivity (Wildman–Crippen MR) is 97.2 cm³/mol. The summed E-state index contributed by atoms with van der Waals surface area (Å²) in [5, 5.41) is 7.29. The van der Waals surface area contributed by atoms with Crippen molar-refractivity contribution < 1.29 is 9.59 Å². The molecule has 0 aliphatic heterocycles. The first-order valence-electron chi connectivity index (χ1n) is 9.06. The number of primary amides is 1. The van der Waals surface area contributed by atoms with E-state index < -0.39 is 5.91 Å². The third kappa shape index (κ3) is 4.09. The van der Waals surface area contributed by atoms with Crippen molar-refractivity contribution in [3.63, 3.8) is 0 Å². The zero-order valence-electron chi connectivity index (χ0n) is 15.0. The molecule has 7 heteroatoms. The Morgan fingerprint density at radius 1 is 1.23 bits per heavy atom. The summed E-state index contributed by atoms with van der Waals surface area (Å²) in [5.41, 5.74) is 6.41. The highest BCUT2D eigenvalue weighted by Gasteiger charge is 2.35. The van der Waals surface area contributed by atoms with Crippen LogP contribution in [0, 0.1) is 5.92 Å². The van der Waals surface area contributed by atoms with Crippen molar-refractivity contribution >= 4 is 11.8 Å². The Morgan fingerprint density at radius 3 is 2.65 bits per heavy atom. The van der Waals surface area contributed by atoms with E-state index in [1.807, 2.05) is 35.0 Å². The molecule has 26 heavy (non-hydrogen) atoms. The van der Waals surface area contributed by atoms with Crippen LogP contribution in [0.5, 0.6) is 0 Å². The van der Waals surface area contributed by atoms with E-state index in [-0.39, 0.29) is 24.2 Å². The molecule has 1 aromatic carbocycles. The lowest BCUT2D eigenvalue weighted by Gasteiger charge is -2.29. The number of carbonyl (C=O) groups is 2. The summed E-state index contributed by atoms with van der Waals surface area (Å²) in [6.45, 7) is 0.554. The van der Waals surface area contributed by atoms with Gasteiger partial charge in [0.15, 0.2) is 5.82 Å². The number of nitrogens with two attached hydrogens (primary N) is 1. The van der Waals surface area contributed by atoms with Gasteiger partial charge in [0.1, 0.15) is 5.82 Å².